The quantitative estimate of drug-likeness (QED) is 0.123. The predicted molar refractivity (Wildman–Crippen MR) is 196 cm³/mol. The topological polar surface area (TPSA) is 174 Å². The Hall–Kier alpha value is -2.47. The van der Waals surface area contributed by atoms with Crippen molar-refractivity contribution < 1.29 is 39.5 Å². The van der Waals surface area contributed by atoms with Crippen LogP contribution in [0.3, 0.4) is 0 Å². The van der Waals surface area contributed by atoms with Crippen LogP contribution in [0.2, 0.25) is 0 Å². The second-order valence-electron chi connectivity index (χ2n) is 18.1. The van der Waals surface area contributed by atoms with Crippen LogP contribution >= 0.6 is 0 Å². The van der Waals surface area contributed by atoms with Gasteiger partial charge in [0.25, 0.3) is 0 Å². The number of fused-ring (bicyclic) bond motifs is 5. The highest BCUT2D eigenvalue weighted by Crippen LogP contribution is 2.67. The summed E-state index contributed by atoms with van der Waals surface area (Å²) in [6.07, 6.45) is 11.4. The molecule has 1 aromatic rings. The number of amides is 1. The average Bonchev–Trinajstić information content (AvgIpc) is 3.75. The van der Waals surface area contributed by atoms with E-state index in [-0.39, 0.29) is 24.7 Å². The number of carbonyl (C=O) groups excluding carboxylic acids is 2. The van der Waals surface area contributed by atoms with Gasteiger partial charge in [0.2, 0.25) is 0 Å². The van der Waals surface area contributed by atoms with E-state index in [4.69, 9.17) is 9.47 Å². The molecule has 4 fully saturated rings. The molecule has 52 heavy (non-hydrogen) atoms. The Labute approximate surface area is 309 Å². The fourth-order valence-electron chi connectivity index (χ4n) is 11.8. The normalized spacial score (nSPS) is 40.6. The number of aromatic nitrogens is 2. The van der Waals surface area contributed by atoms with Crippen molar-refractivity contribution in [1.82, 2.24) is 15.3 Å². The van der Waals surface area contributed by atoms with Gasteiger partial charge in [-0.25, -0.2) is 9.78 Å². The fraction of sp³-hybridized carbons (Fsp3) is 0.829. The number of hydrogen-bond donors (Lipinski definition) is 6. The van der Waals surface area contributed by atoms with Gasteiger partial charge in [0.05, 0.1) is 37.4 Å². The van der Waals surface area contributed by atoms with Crippen LogP contribution in [0.5, 0.6) is 0 Å². The van der Waals surface area contributed by atoms with E-state index < -0.39 is 48.3 Å². The largest absolute Gasteiger partial charge is 0.465 e. The number of rotatable bonds is 12. The van der Waals surface area contributed by atoms with Gasteiger partial charge in [0.1, 0.15) is 12.0 Å². The number of aliphatic hydroxyl groups is 4. The third-order valence-electron chi connectivity index (χ3n) is 14.8. The molecule has 0 spiro atoms. The molecule has 5 aliphatic rings. The summed E-state index contributed by atoms with van der Waals surface area (Å²) < 4.78 is 11.1. The molecular formula is C41H65N3O8. The molecule has 11 heteroatoms. The molecule has 12 atom stereocenters. The monoisotopic (exact) mass is 727 g/mol. The molecule has 5 aliphatic carbocycles. The van der Waals surface area contributed by atoms with E-state index in [2.05, 4.69) is 56.0 Å². The Balaban J connectivity index is 0.990. The molecule has 1 aromatic heterocycles. The molecule has 4 unspecified atom stereocenters. The molecule has 0 radical (unpaired) electrons. The second kappa shape index (κ2) is 16.1. The number of alkyl carbamates (subject to hydrolysis) is 1. The lowest BCUT2D eigenvalue weighted by Gasteiger charge is -2.58. The van der Waals surface area contributed by atoms with E-state index in [1.807, 2.05) is 0 Å². The van der Waals surface area contributed by atoms with Crippen molar-refractivity contribution in [2.75, 3.05) is 13.2 Å². The summed E-state index contributed by atoms with van der Waals surface area (Å²) in [5, 5.41) is 45.8. The molecule has 0 saturated heterocycles. The molecule has 6 N–H and O–H groups in total. The molecule has 4 saturated carbocycles. The molecule has 0 bridgehead atoms. The Kier molecular flexibility index (Phi) is 12.1. The molecule has 1 amide bonds. The number of carbonyl (C=O) groups is 2. The first kappa shape index (κ1) is 39.2. The number of H-pyrrole nitrogens is 1. The number of nitrogens with zero attached hydrogens (tertiary/aromatic N) is 1. The summed E-state index contributed by atoms with van der Waals surface area (Å²) in [5.74, 6) is 1.00. The molecule has 6 rings (SSSR count). The van der Waals surface area contributed by atoms with Gasteiger partial charge in [-0.2, -0.15) is 0 Å². The summed E-state index contributed by atoms with van der Waals surface area (Å²) in [6, 6.07) is 0. The maximum atomic E-state index is 13.0. The standard InChI is InChI=1S/C41H65N3O8/c1-23(2)7-6-8-24(3)30-11-12-31-28-10-9-25-19-27(13-16-40(25,4)32(28)14-17-41(30,31)5)52-39(50)43-21-29-34(45)36(47)33(37(48)35(29)46)38(49)51-18-15-26-20-42-22-44-26/h9,20,22-24,27-37,45-48H,6-8,10-19,21H2,1-5H3,(H,42,44)(H,43,50)/t24-,27+,28+,29?,30-,31+,32+,33?,34?,35?,36?,37?,40+,41-/m1/s1. The first-order valence-electron chi connectivity index (χ1n) is 20.2. The lowest BCUT2D eigenvalue weighted by molar-refractivity contribution is -0.198. The first-order chi connectivity index (χ1) is 24.7. The maximum absolute atomic E-state index is 13.0. The average molecular weight is 728 g/mol. The van der Waals surface area contributed by atoms with E-state index in [1.165, 1.54) is 56.8 Å². The van der Waals surface area contributed by atoms with Gasteiger partial charge in [0, 0.05) is 37.2 Å². The Morgan fingerprint density at radius 3 is 2.42 bits per heavy atom. The predicted octanol–water partition coefficient (Wildman–Crippen LogP) is 5.32. The summed E-state index contributed by atoms with van der Waals surface area (Å²) in [5.41, 5.74) is 2.73. The molecule has 0 aromatic carbocycles. The fourth-order valence-corrected chi connectivity index (χ4v) is 11.8. The van der Waals surface area contributed by atoms with E-state index in [0.717, 1.165) is 54.5 Å². The number of allylic oxidation sites excluding steroid dienone is 1. The zero-order chi connectivity index (χ0) is 37.4. The van der Waals surface area contributed by atoms with Gasteiger partial charge in [-0.1, -0.05) is 65.5 Å². The minimum Gasteiger partial charge on any atom is -0.465 e. The van der Waals surface area contributed by atoms with Crippen LogP contribution in [0.4, 0.5) is 4.79 Å². The van der Waals surface area contributed by atoms with Crippen LogP contribution in [0.25, 0.3) is 0 Å². The number of aromatic amines is 1. The number of aliphatic hydroxyl groups excluding tert-OH is 4. The third kappa shape index (κ3) is 7.71. The molecule has 1 heterocycles. The van der Waals surface area contributed by atoms with E-state index >= 15 is 0 Å². The van der Waals surface area contributed by atoms with Crippen molar-refractivity contribution in [3.05, 3.63) is 29.9 Å². The van der Waals surface area contributed by atoms with Crippen molar-refractivity contribution in [3.8, 4) is 0 Å². The van der Waals surface area contributed by atoms with E-state index in [1.54, 1.807) is 6.20 Å². The number of ether oxygens (including phenoxy) is 2. The second-order valence-corrected chi connectivity index (χ2v) is 18.1. The highest BCUT2D eigenvalue weighted by Gasteiger charge is 2.59. The minimum atomic E-state index is -1.69. The zero-order valence-electron chi connectivity index (χ0n) is 32.0. The van der Waals surface area contributed by atoms with Crippen LogP contribution in [-0.4, -0.2) is 86.1 Å². The SMILES string of the molecule is CC(C)CCC[C@@H](C)[C@H]1CC[C@H]2[C@@H]3CC=C4C[C@@H](OC(=O)NCC5C(O)C(O)C(C(=O)OCCc6cnc[nH]6)C(O)C5O)CC[C@]4(C)[C@H]3CC[C@]12C. The first-order valence-corrected chi connectivity index (χ1v) is 20.2. The molecule has 11 nitrogen and oxygen atoms in total. The third-order valence-corrected chi connectivity index (χ3v) is 14.8. The Morgan fingerprint density at radius 1 is 0.981 bits per heavy atom. The van der Waals surface area contributed by atoms with Crippen LogP contribution < -0.4 is 5.32 Å². The van der Waals surface area contributed by atoms with E-state index in [0.29, 0.717) is 24.2 Å². The van der Waals surface area contributed by atoms with Crippen LogP contribution in [0, 0.1) is 58.2 Å². The van der Waals surface area contributed by atoms with Gasteiger partial charge in [-0.05, 0) is 91.3 Å². The van der Waals surface area contributed by atoms with E-state index in [9.17, 15) is 30.0 Å². The van der Waals surface area contributed by atoms with Crippen LogP contribution in [0.1, 0.15) is 111 Å². The smallest absolute Gasteiger partial charge is 0.407 e. The van der Waals surface area contributed by atoms with Gasteiger partial charge >= 0.3 is 12.1 Å². The summed E-state index contributed by atoms with van der Waals surface area (Å²) >= 11 is 0. The summed E-state index contributed by atoms with van der Waals surface area (Å²) in [7, 11) is 0. The number of imidazole rings is 1. The lowest BCUT2D eigenvalue weighted by atomic mass is 9.47. The van der Waals surface area contributed by atoms with Crippen molar-refractivity contribution in [3.63, 3.8) is 0 Å². The molecule has 0 aliphatic heterocycles. The lowest BCUT2D eigenvalue weighted by Crippen LogP contribution is -2.62. The summed E-state index contributed by atoms with van der Waals surface area (Å²) in [6.45, 7) is 12.0. The highest BCUT2D eigenvalue weighted by atomic mass is 16.6. The van der Waals surface area contributed by atoms with Crippen molar-refractivity contribution in [1.29, 1.82) is 0 Å². The maximum Gasteiger partial charge on any atom is 0.407 e. The van der Waals surface area contributed by atoms with Crippen LogP contribution in [0.15, 0.2) is 24.2 Å². The number of nitrogens with one attached hydrogen (secondary N) is 2. The van der Waals surface area contributed by atoms with Gasteiger partial charge < -0.3 is 40.2 Å². The van der Waals surface area contributed by atoms with Gasteiger partial charge in [-0.3, -0.25) is 4.79 Å². The Bertz CT molecular complexity index is 1390. The minimum absolute atomic E-state index is 0.0308. The van der Waals surface area contributed by atoms with Gasteiger partial charge in [-0.15, -0.1) is 0 Å². The zero-order valence-corrected chi connectivity index (χ0v) is 32.0. The van der Waals surface area contributed by atoms with Crippen molar-refractivity contribution in [2.24, 2.45) is 58.2 Å². The van der Waals surface area contributed by atoms with Crippen molar-refractivity contribution in [2.45, 2.75) is 142 Å². The highest BCUT2D eigenvalue weighted by molar-refractivity contribution is 5.74. The number of esters is 1. The van der Waals surface area contributed by atoms with Crippen molar-refractivity contribution >= 4 is 12.1 Å². The van der Waals surface area contributed by atoms with Gasteiger partial charge in [0.15, 0.2) is 0 Å². The van der Waals surface area contributed by atoms with Crippen LogP contribution in [-0.2, 0) is 20.7 Å². The Morgan fingerprint density at radius 2 is 1.73 bits per heavy atom. The summed E-state index contributed by atoms with van der Waals surface area (Å²) in [4.78, 5) is 32.5. The molecule has 292 valence electrons. The molecular weight excluding hydrogens is 662 g/mol. The number of hydrogen-bond acceptors (Lipinski definition) is 9.